The summed E-state index contributed by atoms with van der Waals surface area (Å²) in [6.45, 7) is -0.253. The van der Waals surface area contributed by atoms with Crippen LogP contribution in [0.3, 0.4) is 0 Å². The van der Waals surface area contributed by atoms with Crippen molar-refractivity contribution in [2.75, 3.05) is 25.7 Å². The number of amides is 2. The molecule has 1 atom stereocenters. The minimum Gasteiger partial charge on any atom is -0.467 e. The molecule has 0 spiro atoms. The second-order valence-corrected chi connectivity index (χ2v) is 5.98. The van der Waals surface area contributed by atoms with Crippen LogP contribution in [-0.2, 0) is 14.3 Å². The molecule has 0 fully saturated rings. The van der Waals surface area contributed by atoms with Crippen molar-refractivity contribution < 1.29 is 19.1 Å². The largest absolute Gasteiger partial charge is 0.467 e. The minimum absolute atomic E-state index is 0.253. The van der Waals surface area contributed by atoms with Crippen molar-refractivity contribution in [2.45, 2.75) is 12.5 Å². The summed E-state index contributed by atoms with van der Waals surface area (Å²) in [5.74, 6) is -0.734. The number of hydrogen-bond donors (Lipinski definition) is 2. The van der Waals surface area contributed by atoms with E-state index in [1.54, 1.807) is 36.0 Å². The molecule has 1 aromatic carbocycles. The quantitative estimate of drug-likeness (QED) is 0.688. The van der Waals surface area contributed by atoms with E-state index in [0.29, 0.717) is 17.2 Å². The normalized spacial score (nSPS) is 11.4. The second-order valence-electron chi connectivity index (χ2n) is 4.59. The molecule has 0 bridgehead atoms. The highest BCUT2D eigenvalue weighted by Gasteiger charge is 2.21. The van der Waals surface area contributed by atoms with Gasteiger partial charge in [-0.1, -0.05) is 23.7 Å². The molecule has 23 heavy (non-hydrogen) atoms. The zero-order valence-corrected chi connectivity index (χ0v) is 14.5. The standard InChI is InChI=1S/C15H19ClN2O4S/c1-22-15(21)12(7-8-23-2)18-13(19)9-17-14(20)10-5-3-4-6-11(10)16/h3-6,12H,7-9H2,1-2H3,(H,17,20)(H,18,19)/t12-/m0/s1. The van der Waals surface area contributed by atoms with Gasteiger partial charge >= 0.3 is 5.97 Å². The summed E-state index contributed by atoms with van der Waals surface area (Å²) in [6.07, 6.45) is 2.36. The molecule has 2 amide bonds. The van der Waals surface area contributed by atoms with Gasteiger partial charge in [0.25, 0.3) is 5.91 Å². The van der Waals surface area contributed by atoms with Crippen molar-refractivity contribution in [1.29, 1.82) is 0 Å². The Morgan fingerprint density at radius 2 is 2.00 bits per heavy atom. The van der Waals surface area contributed by atoms with Gasteiger partial charge in [-0.25, -0.2) is 4.79 Å². The zero-order chi connectivity index (χ0) is 17.2. The summed E-state index contributed by atoms with van der Waals surface area (Å²) < 4.78 is 4.65. The number of rotatable bonds is 8. The van der Waals surface area contributed by atoms with Crippen molar-refractivity contribution in [3.05, 3.63) is 34.9 Å². The van der Waals surface area contributed by atoms with Crippen molar-refractivity contribution >= 4 is 41.1 Å². The van der Waals surface area contributed by atoms with Gasteiger partial charge in [0.15, 0.2) is 0 Å². The van der Waals surface area contributed by atoms with E-state index in [4.69, 9.17) is 11.6 Å². The Hall–Kier alpha value is -1.73. The first-order valence-corrected chi connectivity index (χ1v) is 8.65. The van der Waals surface area contributed by atoms with Crippen LogP contribution in [-0.4, -0.2) is 49.5 Å². The molecule has 0 aliphatic carbocycles. The van der Waals surface area contributed by atoms with Gasteiger partial charge in [0.1, 0.15) is 6.04 Å². The van der Waals surface area contributed by atoms with Crippen molar-refractivity contribution in [1.82, 2.24) is 10.6 Å². The summed E-state index contributed by atoms with van der Waals surface area (Å²) in [6, 6.07) is 5.81. The number of carbonyl (C=O) groups excluding carboxylic acids is 3. The summed E-state index contributed by atoms with van der Waals surface area (Å²) >= 11 is 7.47. The van der Waals surface area contributed by atoms with Gasteiger partial charge in [-0.2, -0.15) is 11.8 Å². The summed E-state index contributed by atoms with van der Waals surface area (Å²) in [4.78, 5) is 35.4. The van der Waals surface area contributed by atoms with E-state index in [1.165, 1.54) is 7.11 Å². The van der Waals surface area contributed by atoms with Crippen LogP contribution in [0, 0.1) is 0 Å². The molecular weight excluding hydrogens is 340 g/mol. The Kier molecular flexibility index (Phi) is 8.50. The summed E-state index contributed by atoms with van der Waals surface area (Å²) in [5.41, 5.74) is 0.286. The van der Waals surface area contributed by atoms with Gasteiger partial charge in [-0.15, -0.1) is 0 Å². The van der Waals surface area contributed by atoms with Crippen LogP contribution in [0.2, 0.25) is 5.02 Å². The van der Waals surface area contributed by atoms with Gasteiger partial charge in [0.05, 0.1) is 24.2 Å². The first-order valence-electron chi connectivity index (χ1n) is 6.88. The van der Waals surface area contributed by atoms with Gasteiger partial charge in [0.2, 0.25) is 5.91 Å². The average Bonchev–Trinajstić information content (AvgIpc) is 2.56. The smallest absolute Gasteiger partial charge is 0.328 e. The average molecular weight is 359 g/mol. The number of methoxy groups -OCH3 is 1. The molecule has 6 nitrogen and oxygen atoms in total. The SMILES string of the molecule is COC(=O)[C@H](CCSC)NC(=O)CNC(=O)c1ccccc1Cl. The van der Waals surface area contributed by atoms with Crippen molar-refractivity contribution in [2.24, 2.45) is 0 Å². The van der Waals surface area contributed by atoms with E-state index in [1.807, 2.05) is 6.26 Å². The van der Waals surface area contributed by atoms with E-state index < -0.39 is 23.8 Å². The molecular formula is C15H19ClN2O4S. The van der Waals surface area contributed by atoms with E-state index in [-0.39, 0.29) is 12.1 Å². The molecule has 0 aliphatic rings. The van der Waals surface area contributed by atoms with Gasteiger partial charge in [-0.3, -0.25) is 9.59 Å². The van der Waals surface area contributed by atoms with Crippen LogP contribution in [0.15, 0.2) is 24.3 Å². The fourth-order valence-electron chi connectivity index (χ4n) is 1.77. The molecule has 8 heteroatoms. The third-order valence-electron chi connectivity index (χ3n) is 2.96. The molecule has 0 heterocycles. The molecule has 2 N–H and O–H groups in total. The molecule has 0 saturated carbocycles. The van der Waals surface area contributed by atoms with Crippen LogP contribution < -0.4 is 10.6 Å². The number of esters is 1. The molecule has 0 aromatic heterocycles. The van der Waals surface area contributed by atoms with E-state index >= 15 is 0 Å². The lowest BCUT2D eigenvalue weighted by Gasteiger charge is -2.16. The maximum Gasteiger partial charge on any atom is 0.328 e. The number of carbonyl (C=O) groups is 3. The highest BCUT2D eigenvalue weighted by Crippen LogP contribution is 2.14. The van der Waals surface area contributed by atoms with Crippen LogP contribution in [0.4, 0.5) is 0 Å². The van der Waals surface area contributed by atoms with Gasteiger partial charge in [-0.05, 0) is 30.6 Å². The maximum absolute atomic E-state index is 11.9. The maximum atomic E-state index is 11.9. The molecule has 1 aromatic rings. The molecule has 0 saturated heterocycles. The Bertz CT molecular complexity index is 568. The number of benzene rings is 1. The second kappa shape index (κ2) is 10.1. The predicted molar refractivity (Wildman–Crippen MR) is 90.7 cm³/mol. The zero-order valence-electron chi connectivity index (χ0n) is 12.9. The van der Waals surface area contributed by atoms with Crippen molar-refractivity contribution in [3.63, 3.8) is 0 Å². The first kappa shape index (κ1) is 19.3. The van der Waals surface area contributed by atoms with Crippen LogP contribution >= 0.6 is 23.4 Å². The molecule has 0 aliphatic heterocycles. The Labute approximate surface area is 144 Å². The van der Waals surface area contributed by atoms with Crippen LogP contribution in [0.25, 0.3) is 0 Å². The fourth-order valence-corrected chi connectivity index (χ4v) is 2.47. The highest BCUT2D eigenvalue weighted by molar-refractivity contribution is 7.98. The van der Waals surface area contributed by atoms with E-state index in [2.05, 4.69) is 15.4 Å². The lowest BCUT2D eigenvalue weighted by molar-refractivity contribution is -0.145. The number of hydrogen-bond acceptors (Lipinski definition) is 5. The number of halogens is 1. The Balaban J connectivity index is 2.53. The monoisotopic (exact) mass is 358 g/mol. The van der Waals surface area contributed by atoms with Gasteiger partial charge in [0, 0.05) is 0 Å². The number of ether oxygens (including phenoxy) is 1. The third kappa shape index (κ3) is 6.50. The number of thioether (sulfide) groups is 1. The molecule has 0 radical (unpaired) electrons. The fraction of sp³-hybridized carbons (Fsp3) is 0.400. The first-order chi connectivity index (χ1) is 11.0. The van der Waals surface area contributed by atoms with Crippen LogP contribution in [0.5, 0.6) is 0 Å². The Morgan fingerprint density at radius 1 is 1.30 bits per heavy atom. The van der Waals surface area contributed by atoms with E-state index in [0.717, 1.165) is 0 Å². The highest BCUT2D eigenvalue weighted by atomic mass is 35.5. The third-order valence-corrected chi connectivity index (χ3v) is 3.93. The molecule has 126 valence electrons. The molecule has 0 unspecified atom stereocenters. The Morgan fingerprint density at radius 3 is 2.61 bits per heavy atom. The lowest BCUT2D eigenvalue weighted by Crippen LogP contribution is -2.46. The topological polar surface area (TPSA) is 84.5 Å². The summed E-state index contributed by atoms with van der Waals surface area (Å²) in [7, 11) is 1.26. The van der Waals surface area contributed by atoms with Crippen LogP contribution in [0.1, 0.15) is 16.8 Å². The lowest BCUT2D eigenvalue weighted by atomic mass is 10.2. The molecule has 1 rings (SSSR count). The van der Waals surface area contributed by atoms with E-state index in [9.17, 15) is 14.4 Å². The summed E-state index contributed by atoms with van der Waals surface area (Å²) in [5, 5.41) is 5.32. The minimum atomic E-state index is -0.725. The number of nitrogens with one attached hydrogen (secondary N) is 2. The van der Waals surface area contributed by atoms with Crippen molar-refractivity contribution in [3.8, 4) is 0 Å². The predicted octanol–water partition coefficient (Wildman–Crippen LogP) is 1.48. The van der Waals surface area contributed by atoms with Gasteiger partial charge < -0.3 is 15.4 Å².